The average Bonchev–Trinajstić information content (AvgIpc) is 2.87. The topological polar surface area (TPSA) is 61.4 Å². The lowest BCUT2D eigenvalue weighted by Gasteiger charge is -2.49. The number of nitrogens with zero attached hydrogens (tertiary/aromatic N) is 4. The fourth-order valence-electron chi connectivity index (χ4n) is 5.50. The molecule has 35 heavy (non-hydrogen) atoms. The molecule has 3 aliphatic rings. The highest BCUT2D eigenvalue weighted by Crippen LogP contribution is 2.42. The van der Waals surface area contributed by atoms with E-state index in [4.69, 9.17) is 9.97 Å². The molecule has 3 saturated heterocycles. The number of rotatable bonds is 6. The molecule has 1 amide bonds. The number of aromatic nitrogens is 2. The summed E-state index contributed by atoms with van der Waals surface area (Å²) in [6.07, 6.45) is 2.26. The van der Waals surface area contributed by atoms with Crippen LogP contribution in [0.4, 0.5) is 5.69 Å². The third-order valence-electron chi connectivity index (χ3n) is 7.41. The molecule has 3 aliphatic heterocycles. The third kappa shape index (κ3) is 5.11. The molecule has 7 heteroatoms. The van der Waals surface area contributed by atoms with Crippen molar-refractivity contribution in [1.82, 2.24) is 20.2 Å². The van der Waals surface area contributed by atoms with Gasteiger partial charge in [0, 0.05) is 66.1 Å². The average molecular weight is 535 g/mol. The molecule has 182 valence electrons. The predicted molar refractivity (Wildman–Crippen MR) is 144 cm³/mol. The van der Waals surface area contributed by atoms with E-state index >= 15 is 0 Å². The van der Waals surface area contributed by atoms with E-state index in [9.17, 15) is 4.79 Å². The van der Waals surface area contributed by atoms with Crippen LogP contribution >= 0.6 is 15.9 Å². The highest BCUT2D eigenvalue weighted by molar-refractivity contribution is 9.10. The Morgan fingerprint density at radius 3 is 2.60 bits per heavy atom. The minimum Gasteiger partial charge on any atom is -0.378 e. The standard InChI is InChI=1S/C28H32BrN5O/c1-18-31-26(23-6-4-5-7-25(23)29)15-27(32-18)24-17-34-13-12-20(24)14-22(34)16-30-28(35)19-8-10-21(11-9-19)33(2)3/h4-11,15,20,22,24H,12-14,16-17H2,1-3H3,(H,30,35). The number of carbonyl (C=O) groups is 1. The van der Waals surface area contributed by atoms with Gasteiger partial charge in [-0.3, -0.25) is 9.69 Å². The number of hydrogen-bond acceptors (Lipinski definition) is 5. The van der Waals surface area contributed by atoms with Gasteiger partial charge in [-0.1, -0.05) is 34.1 Å². The minimum absolute atomic E-state index is 0.000918. The number of piperidine rings is 3. The van der Waals surface area contributed by atoms with Crippen LogP contribution in [-0.4, -0.2) is 60.5 Å². The number of fused-ring (bicyclic) bond motifs is 3. The van der Waals surface area contributed by atoms with E-state index < -0.39 is 0 Å². The molecule has 2 bridgehead atoms. The molecular weight excluding hydrogens is 502 g/mol. The largest absolute Gasteiger partial charge is 0.378 e. The second-order valence-electron chi connectivity index (χ2n) is 9.90. The Hall–Kier alpha value is -2.77. The number of amides is 1. The summed E-state index contributed by atoms with van der Waals surface area (Å²) in [5.74, 6) is 1.78. The Bertz CT molecular complexity index is 1210. The number of hydrogen-bond donors (Lipinski definition) is 1. The highest BCUT2D eigenvalue weighted by atomic mass is 79.9. The lowest BCUT2D eigenvalue weighted by Crippen LogP contribution is -2.56. The van der Waals surface area contributed by atoms with Gasteiger partial charge in [-0.2, -0.15) is 0 Å². The number of nitrogens with one attached hydrogen (secondary N) is 1. The van der Waals surface area contributed by atoms with Crippen LogP contribution in [-0.2, 0) is 0 Å². The van der Waals surface area contributed by atoms with Crippen molar-refractivity contribution in [3.8, 4) is 11.3 Å². The van der Waals surface area contributed by atoms with Crippen LogP contribution in [0.3, 0.4) is 0 Å². The normalized spacial score (nSPS) is 23.2. The SMILES string of the molecule is Cc1nc(-c2ccccc2Br)cc(C2CN3CCC2CC3CNC(=O)c2ccc(N(C)C)cc2)n1. The quantitative estimate of drug-likeness (QED) is 0.488. The zero-order valence-corrected chi connectivity index (χ0v) is 22.1. The molecule has 6 nitrogen and oxygen atoms in total. The number of anilines is 1. The molecule has 6 rings (SSSR count). The summed E-state index contributed by atoms with van der Waals surface area (Å²) < 4.78 is 1.05. The van der Waals surface area contributed by atoms with Crippen LogP contribution < -0.4 is 10.2 Å². The molecule has 1 aromatic heterocycles. The van der Waals surface area contributed by atoms with Crippen LogP contribution in [0.25, 0.3) is 11.3 Å². The van der Waals surface area contributed by atoms with Gasteiger partial charge in [0.2, 0.25) is 0 Å². The van der Waals surface area contributed by atoms with Crippen molar-refractivity contribution in [3.05, 3.63) is 76.2 Å². The summed E-state index contributed by atoms with van der Waals surface area (Å²) >= 11 is 3.67. The second-order valence-corrected chi connectivity index (χ2v) is 10.8. The maximum atomic E-state index is 12.7. The lowest BCUT2D eigenvalue weighted by molar-refractivity contribution is 0.0290. The Morgan fingerprint density at radius 2 is 1.91 bits per heavy atom. The van der Waals surface area contributed by atoms with Crippen molar-refractivity contribution < 1.29 is 4.79 Å². The van der Waals surface area contributed by atoms with E-state index in [1.165, 1.54) is 6.42 Å². The Labute approximate surface area is 215 Å². The summed E-state index contributed by atoms with van der Waals surface area (Å²) in [5, 5.41) is 3.18. The van der Waals surface area contributed by atoms with Gasteiger partial charge in [-0.15, -0.1) is 0 Å². The summed E-state index contributed by atoms with van der Waals surface area (Å²) in [6, 6.07) is 18.5. The molecule has 1 N–H and O–H groups in total. The second kappa shape index (κ2) is 10.1. The fraction of sp³-hybridized carbons (Fsp3) is 0.393. The number of halogens is 1. The van der Waals surface area contributed by atoms with Gasteiger partial charge in [0.15, 0.2) is 0 Å². The van der Waals surface area contributed by atoms with Crippen molar-refractivity contribution in [2.45, 2.75) is 31.7 Å². The first kappa shape index (κ1) is 23.9. The lowest BCUT2D eigenvalue weighted by atomic mass is 9.74. The number of aryl methyl sites for hydroxylation is 1. The summed E-state index contributed by atoms with van der Waals surface area (Å²) in [6.45, 7) is 4.73. The van der Waals surface area contributed by atoms with Crippen LogP contribution in [0.1, 0.15) is 40.6 Å². The zero-order chi connectivity index (χ0) is 24.5. The molecule has 0 radical (unpaired) electrons. The van der Waals surface area contributed by atoms with Gasteiger partial charge in [-0.25, -0.2) is 9.97 Å². The Morgan fingerprint density at radius 1 is 1.14 bits per heavy atom. The third-order valence-corrected chi connectivity index (χ3v) is 8.10. The van der Waals surface area contributed by atoms with Gasteiger partial charge in [0.25, 0.3) is 5.91 Å². The minimum atomic E-state index is -0.000918. The van der Waals surface area contributed by atoms with E-state index in [1.54, 1.807) is 0 Å². The van der Waals surface area contributed by atoms with Gasteiger partial charge >= 0.3 is 0 Å². The summed E-state index contributed by atoms with van der Waals surface area (Å²) in [5.41, 5.74) is 5.01. The Balaban J connectivity index is 1.25. The fourth-order valence-corrected chi connectivity index (χ4v) is 5.98. The van der Waals surface area contributed by atoms with E-state index in [-0.39, 0.29) is 5.91 Å². The van der Waals surface area contributed by atoms with Crippen molar-refractivity contribution in [3.63, 3.8) is 0 Å². The van der Waals surface area contributed by atoms with Crippen molar-refractivity contribution in [1.29, 1.82) is 0 Å². The first-order valence-electron chi connectivity index (χ1n) is 12.3. The van der Waals surface area contributed by atoms with Crippen LogP contribution in [0, 0.1) is 12.8 Å². The number of benzene rings is 2. The molecular formula is C28H32BrN5O. The van der Waals surface area contributed by atoms with E-state index in [1.807, 2.05) is 62.3 Å². The molecule has 4 unspecified atom stereocenters. The zero-order valence-electron chi connectivity index (χ0n) is 20.5. The molecule has 3 aromatic rings. The van der Waals surface area contributed by atoms with Crippen molar-refractivity contribution in [2.24, 2.45) is 5.92 Å². The van der Waals surface area contributed by atoms with Gasteiger partial charge in [0.1, 0.15) is 5.82 Å². The first-order valence-corrected chi connectivity index (χ1v) is 13.1. The number of carbonyl (C=O) groups excluding carboxylic acids is 1. The van der Waals surface area contributed by atoms with E-state index in [0.717, 1.165) is 52.4 Å². The van der Waals surface area contributed by atoms with Gasteiger partial charge < -0.3 is 10.2 Å². The molecule has 0 spiro atoms. The smallest absolute Gasteiger partial charge is 0.251 e. The maximum Gasteiger partial charge on any atom is 0.251 e. The molecule has 4 atom stereocenters. The first-order chi connectivity index (χ1) is 16.9. The van der Waals surface area contributed by atoms with Crippen LogP contribution in [0.5, 0.6) is 0 Å². The van der Waals surface area contributed by atoms with Crippen LogP contribution in [0.15, 0.2) is 59.1 Å². The monoisotopic (exact) mass is 533 g/mol. The van der Waals surface area contributed by atoms with Crippen molar-refractivity contribution in [2.75, 3.05) is 38.6 Å². The molecule has 0 aliphatic carbocycles. The van der Waals surface area contributed by atoms with E-state index in [2.05, 4.69) is 44.3 Å². The van der Waals surface area contributed by atoms with Crippen molar-refractivity contribution >= 4 is 27.5 Å². The maximum absolute atomic E-state index is 12.7. The highest BCUT2D eigenvalue weighted by Gasteiger charge is 2.41. The van der Waals surface area contributed by atoms with Crippen LogP contribution in [0.2, 0.25) is 0 Å². The predicted octanol–water partition coefficient (Wildman–Crippen LogP) is 4.89. The molecule has 4 heterocycles. The molecule has 2 aromatic carbocycles. The molecule has 3 fully saturated rings. The Kier molecular flexibility index (Phi) is 6.89. The molecule has 0 saturated carbocycles. The summed E-state index contributed by atoms with van der Waals surface area (Å²) in [4.78, 5) is 26.9. The summed E-state index contributed by atoms with van der Waals surface area (Å²) in [7, 11) is 4.00. The van der Waals surface area contributed by atoms with Gasteiger partial charge in [-0.05, 0) is 68.6 Å². The van der Waals surface area contributed by atoms with E-state index in [0.29, 0.717) is 30.0 Å². The van der Waals surface area contributed by atoms with Gasteiger partial charge in [0.05, 0.1) is 5.69 Å².